The summed E-state index contributed by atoms with van der Waals surface area (Å²) in [5, 5.41) is 13.3. The molecule has 0 aliphatic carbocycles. The van der Waals surface area contributed by atoms with Crippen LogP contribution >= 0.6 is 0 Å². The van der Waals surface area contributed by atoms with E-state index in [1.807, 2.05) is 31.3 Å². The number of aliphatic hydroxyl groups excluding tert-OH is 1. The molecule has 28 heavy (non-hydrogen) atoms. The van der Waals surface area contributed by atoms with Crippen molar-refractivity contribution in [2.45, 2.75) is 18.9 Å². The summed E-state index contributed by atoms with van der Waals surface area (Å²) in [5.74, 6) is 1.64. The first-order valence-corrected chi connectivity index (χ1v) is 9.60. The van der Waals surface area contributed by atoms with Gasteiger partial charge in [0.25, 0.3) is 0 Å². The molecule has 0 spiro atoms. The van der Waals surface area contributed by atoms with Crippen molar-refractivity contribution in [3.05, 3.63) is 53.9 Å². The van der Waals surface area contributed by atoms with Gasteiger partial charge in [-0.1, -0.05) is 24.3 Å². The molecule has 1 aliphatic rings. The molecule has 1 fully saturated rings. The molecule has 3 heterocycles. The smallest absolute Gasteiger partial charge is 0.224 e. The molecule has 1 saturated heterocycles. The highest BCUT2D eigenvalue weighted by Crippen LogP contribution is 2.27. The Bertz CT molecular complexity index is 943. The second-order valence-electron chi connectivity index (χ2n) is 7.04. The molecule has 7 nitrogen and oxygen atoms in total. The fourth-order valence-electron chi connectivity index (χ4n) is 3.39. The molecule has 2 N–H and O–H groups in total. The van der Waals surface area contributed by atoms with Crippen molar-refractivity contribution >= 4 is 22.7 Å². The van der Waals surface area contributed by atoms with Crippen LogP contribution in [0.25, 0.3) is 10.9 Å². The molecule has 2 aromatic heterocycles. The van der Waals surface area contributed by atoms with E-state index in [9.17, 15) is 0 Å². The number of hydrogen-bond donors (Lipinski definition) is 2. The molecule has 0 amide bonds. The van der Waals surface area contributed by atoms with Gasteiger partial charge < -0.3 is 20.1 Å². The van der Waals surface area contributed by atoms with Gasteiger partial charge in [-0.2, -0.15) is 4.98 Å². The summed E-state index contributed by atoms with van der Waals surface area (Å²) in [6, 6.07) is 14.3. The van der Waals surface area contributed by atoms with Gasteiger partial charge in [0.1, 0.15) is 5.82 Å². The normalized spacial score (nSPS) is 16.4. The van der Waals surface area contributed by atoms with Crippen molar-refractivity contribution in [1.29, 1.82) is 0 Å². The SMILES string of the molecule is CN(Cc1ccc2ccccc2n1)c1cc([C@H]2CCOC2)nc(NCCO)n1. The summed E-state index contributed by atoms with van der Waals surface area (Å²) in [5.41, 5.74) is 2.95. The number of aromatic nitrogens is 3. The van der Waals surface area contributed by atoms with Gasteiger partial charge in [-0.05, 0) is 18.6 Å². The molecule has 7 heteroatoms. The van der Waals surface area contributed by atoms with E-state index in [0.717, 1.165) is 41.1 Å². The summed E-state index contributed by atoms with van der Waals surface area (Å²) < 4.78 is 5.52. The number of pyridine rings is 1. The molecule has 0 unspecified atom stereocenters. The zero-order valence-corrected chi connectivity index (χ0v) is 16.0. The Morgan fingerprint density at radius 3 is 2.89 bits per heavy atom. The van der Waals surface area contributed by atoms with Gasteiger partial charge in [-0.15, -0.1) is 0 Å². The van der Waals surface area contributed by atoms with E-state index >= 15 is 0 Å². The maximum absolute atomic E-state index is 9.11. The third-order valence-corrected chi connectivity index (χ3v) is 4.92. The third kappa shape index (κ3) is 4.21. The van der Waals surface area contributed by atoms with E-state index in [1.54, 1.807) is 0 Å². The summed E-state index contributed by atoms with van der Waals surface area (Å²) in [4.78, 5) is 16.1. The van der Waals surface area contributed by atoms with Crippen LogP contribution in [-0.2, 0) is 11.3 Å². The van der Waals surface area contributed by atoms with Gasteiger partial charge >= 0.3 is 0 Å². The van der Waals surface area contributed by atoms with Crippen LogP contribution in [0.15, 0.2) is 42.5 Å². The number of ether oxygens (including phenoxy) is 1. The van der Waals surface area contributed by atoms with Crippen LogP contribution in [0, 0.1) is 0 Å². The number of hydrogen-bond acceptors (Lipinski definition) is 7. The maximum atomic E-state index is 9.11. The Kier molecular flexibility index (Phi) is 5.64. The number of fused-ring (bicyclic) bond motifs is 1. The minimum Gasteiger partial charge on any atom is -0.395 e. The Morgan fingerprint density at radius 2 is 2.07 bits per heavy atom. The van der Waals surface area contributed by atoms with Crippen LogP contribution < -0.4 is 10.2 Å². The highest BCUT2D eigenvalue weighted by molar-refractivity contribution is 5.78. The van der Waals surface area contributed by atoms with Gasteiger partial charge in [-0.25, -0.2) is 4.98 Å². The summed E-state index contributed by atoms with van der Waals surface area (Å²) in [7, 11) is 2.00. The van der Waals surface area contributed by atoms with E-state index in [4.69, 9.17) is 14.8 Å². The van der Waals surface area contributed by atoms with E-state index in [1.165, 1.54) is 0 Å². The topological polar surface area (TPSA) is 83.4 Å². The number of nitrogens with zero attached hydrogens (tertiary/aromatic N) is 4. The first-order chi connectivity index (χ1) is 13.7. The van der Waals surface area contributed by atoms with Gasteiger partial charge in [0.15, 0.2) is 0 Å². The number of rotatable bonds is 7. The first-order valence-electron chi connectivity index (χ1n) is 9.60. The van der Waals surface area contributed by atoms with Gasteiger partial charge in [-0.3, -0.25) is 4.98 Å². The standard InChI is InChI=1S/C21H25N5O2/c1-26(13-17-7-6-15-4-2-3-5-18(15)23-17)20-12-19(16-8-11-28-14-16)24-21(25-20)22-9-10-27/h2-7,12,16,27H,8-11,13-14H2,1H3,(H,22,24,25)/t16-/m0/s1. The molecule has 0 saturated carbocycles. The number of nitrogens with one attached hydrogen (secondary N) is 1. The number of aliphatic hydroxyl groups is 1. The molecule has 1 aromatic carbocycles. The average Bonchev–Trinajstić information content (AvgIpc) is 3.27. The lowest BCUT2D eigenvalue weighted by atomic mass is 10.0. The van der Waals surface area contributed by atoms with Crippen LogP contribution in [-0.4, -0.2) is 53.5 Å². The van der Waals surface area contributed by atoms with Crippen molar-refractivity contribution in [2.75, 3.05) is 43.6 Å². The number of para-hydroxylation sites is 1. The van der Waals surface area contributed by atoms with Crippen molar-refractivity contribution in [1.82, 2.24) is 15.0 Å². The zero-order valence-electron chi connectivity index (χ0n) is 16.0. The van der Waals surface area contributed by atoms with Crippen molar-refractivity contribution < 1.29 is 9.84 Å². The van der Waals surface area contributed by atoms with Crippen LogP contribution in [0.3, 0.4) is 0 Å². The minimum atomic E-state index is 0.0340. The predicted octanol–water partition coefficient (Wildman–Crippen LogP) is 2.57. The van der Waals surface area contributed by atoms with Crippen LogP contribution in [0.5, 0.6) is 0 Å². The highest BCUT2D eigenvalue weighted by atomic mass is 16.5. The zero-order chi connectivity index (χ0) is 19.3. The molecule has 1 aliphatic heterocycles. The highest BCUT2D eigenvalue weighted by Gasteiger charge is 2.21. The second kappa shape index (κ2) is 8.50. The monoisotopic (exact) mass is 379 g/mol. The van der Waals surface area contributed by atoms with E-state index in [0.29, 0.717) is 25.6 Å². The minimum absolute atomic E-state index is 0.0340. The van der Waals surface area contributed by atoms with Crippen LogP contribution in [0.2, 0.25) is 0 Å². The molecule has 0 radical (unpaired) electrons. The molecule has 0 bridgehead atoms. The maximum Gasteiger partial charge on any atom is 0.224 e. The van der Waals surface area contributed by atoms with Crippen LogP contribution in [0.4, 0.5) is 11.8 Å². The van der Waals surface area contributed by atoms with Gasteiger partial charge in [0.2, 0.25) is 5.95 Å². The molecule has 4 rings (SSSR count). The molecular formula is C21H25N5O2. The summed E-state index contributed by atoms with van der Waals surface area (Å²) >= 11 is 0. The van der Waals surface area contributed by atoms with Crippen molar-refractivity contribution in [3.63, 3.8) is 0 Å². The van der Waals surface area contributed by atoms with Gasteiger partial charge in [0.05, 0.1) is 36.7 Å². The quantitative estimate of drug-likeness (QED) is 0.653. The molecule has 3 aromatic rings. The van der Waals surface area contributed by atoms with Crippen LogP contribution in [0.1, 0.15) is 23.7 Å². The first kappa shape index (κ1) is 18.6. The lowest BCUT2D eigenvalue weighted by Gasteiger charge is -2.20. The van der Waals surface area contributed by atoms with Crippen molar-refractivity contribution in [2.24, 2.45) is 0 Å². The van der Waals surface area contributed by atoms with E-state index in [2.05, 4.69) is 38.4 Å². The van der Waals surface area contributed by atoms with Crippen molar-refractivity contribution in [3.8, 4) is 0 Å². The Labute approximate surface area is 164 Å². The fourth-order valence-corrected chi connectivity index (χ4v) is 3.39. The van der Waals surface area contributed by atoms with E-state index in [-0.39, 0.29) is 12.5 Å². The molecule has 146 valence electrons. The Balaban J connectivity index is 1.58. The molecule has 1 atom stereocenters. The fraction of sp³-hybridized carbons (Fsp3) is 0.381. The average molecular weight is 379 g/mol. The predicted molar refractivity (Wildman–Crippen MR) is 110 cm³/mol. The second-order valence-corrected chi connectivity index (χ2v) is 7.04. The third-order valence-electron chi connectivity index (χ3n) is 4.92. The lowest BCUT2D eigenvalue weighted by molar-refractivity contribution is 0.193. The Hall–Kier alpha value is -2.77. The van der Waals surface area contributed by atoms with E-state index < -0.39 is 0 Å². The summed E-state index contributed by atoms with van der Waals surface area (Å²) in [6.45, 7) is 2.54. The van der Waals surface area contributed by atoms with Gasteiger partial charge in [0, 0.05) is 37.6 Å². The Morgan fingerprint density at radius 1 is 1.18 bits per heavy atom. The number of benzene rings is 1. The summed E-state index contributed by atoms with van der Waals surface area (Å²) in [6.07, 6.45) is 0.964. The number of anilines is 2. The molecular weight excluding hydrogens is 354 g/mol. The lowest BCUT2D eigenvalue weighted by Crippen LogP contribution is -2.21. The largest absolute Gasteiger partial charge is 0.395 e.